The first-order valence-electron chi connectivity index (χ1n) is 7.83. The van der Waals surface area contributed by atoms with Gasteiger partial charge in [-0.3, -0.25) is 4.79 Å². The van der Waals surface area contributed by atoms with Crippen LogP contribution in [0.15, 0.2) is 0 Å². The maximum Gasteiger partial charge on any atom is 0.236 e. The molecule has 0 aliphatic heterocycles. The quantitative estimate of drug-likeness (QED) is 0.624. The molecule has 20 heavy (non-hydrogen) atoms. The minimum Gasteiger partial charge on any atom is -0.389 e. The van der Waals surface area contributed by atoms with Crippen molar-refractivity contribution in [2.45, 2.75) is 64.7 Å². The molecule has 1 amide bonds. The highest BCUT2D eigenvalue weighted by atomic mass is 16.5. The normalized spacial score (nSPS) is 26.0. The molecule has 5 heteroatoms. The van der Waals surface area contributed by atoms with Crippen molar-refractivity contribution < 1.29 is 14.6 Å². The Kier molecular flexibility index (Phi) is 8.11. The lowest BCUT2D eigenvalue weighted by atomic mass is 9.89. The fourth-order valence-corrected chi connectivity index (χ4v) is 2.44. The summed E-state index contributed by atoms with van der Waals surface area (Å²) in [5.41, 5.74) is 0. The molecule has 1 saturated carbocycles. The van der Waals surface area contributed by atoms with E-state index in [1.807, 2.05) is 6.92 Å². The van der Waals surface area contributed by atoms with Crippen LogP contribution in [0.25, 0.3) is 0 Å². The molecule has 1 aliphatic rings. The molecule has 0 spiro atoms. The average Bonchev–Trinajstić information content (AvgIpc) is 2.44. The summed E-state index contributed by atoms with van der Waals surface area (Å²) >= 11 is 0. The van der Waals surface area contributed by atoms with E-state index < -0.39 is 6.10 Å². The molecule has 0 aromatic carbocycles. The minimum absolute atomic E-state index is 0.0399. The summed E-state index contributed by atoms with van der Waals surface area (Å²) in [5, 5.41) is 15.6. The van der Waals surface area contributed by atoms with E-state index in [0.717, 1.165) is 18.8 Å². The van der Waals surface area contributed by atoms with Gasteiger partial charge >= 0.3 is 0 Å². The van der Waals surface area contributed by atoms with Gasteiger partial charge in [-0.15, -0.1) is 0 Å². The number of hydrogen-bond acceptors (Lipinski definition) is 4. The lowest BCUT2D eigenvalue weighted by Gasteiger charge is -2.27. The average molecular weight is 286 g/mol. The molecule has 1 aliphatic carbocycles. The third-order valence-corrected chi connectivity index (χ3v) is 3.89. The van der Waals surface area contributed by atoms with Crippen molar-refractivity contribution in [2.24, 2.45) is 5.92 Å². The number of likely N-dealkylation sites (N-methyl/N-ethyl adjacent to an activating group) is 1. The van der Waals surface area contributed by atoms with E-state index >= 15 is 0 Å². The molecule has 2 unspecified atom stereocenters. The van der Waals surface area contributed by atoms with E-state index in [2.05, 4.69) is 17.6 Å². The van der Waals surface area contributed by atoms with Crippen molar-refractivity contribution in [2.75, 3.05) is 19.7 Å². The predicted molar refractivity (Wildman–Crippen MR) is 79.5 cm³/mol. The van der Waals surface area contributed by atoms with E-state index in [1.165, 1.54) is 12.8 Å². The number of rotatable bonds is 8. The van der Waals surface area contributed by atoms with Gasteiger partial charge in [0.15, 0.2) is 0 Å². The number of ether oxygens (including phenoxy) is 1. The second-order valence-electron chi connectivity index (χ2n) is 5.89. The molecule has 0 radical (unpaired) electrons. The van der Waals surface area contributed by atoms with E-state index in [4.69, 9.17) is 4.74 Å². The molecule has 0 aromatic heterocycles. The van der Waals surface area contributed by atoms with E-state index in [0.29, 0.717) is 25.8 Å². The lowest BCUT2D eigenvalue weighted by molar-refractivity contribution is -0.122. The second-order valence-corrected chi connectivity index (χ2v) is 5.89. The Balaban J connectivity index is 2.11. The number of hydrogen-bond donors (Lipinski definition) is 3. The Morgan fingerprint density at radius 3 is 2.60 bits per heavy atom. The fourth-order valence-electron chi connectivity index (χ4n) is 2.44. The van der Waals surface area contributed by atoms with Gasteiger partial charge in [0, 0.05) is 13.1 Å². The van der Waals surface area contributed by atoms with Crippen molar-refractivity contribution in [1.29, 1.82) is 0 Å². The van der Waals surface area contributed by atoms with Gasteiger partial charge in [-0.1, -0.05) is 6.92 Å². The highest BCUT2D eigenvalue weighted by Gasteiger charge is 2.20. The summed E-state index contributed by atoms with van der Waals surface area (Å²) in [6.45, 7) is 7.30. The molecular formula is C15H30N2O3. The molecule has 1 fully saturated rings. The monoisotopic (exact) mass is 286 g/mol. The molecule has 0 bridgehead atoms. The van der Waals surface area contributed by atoms with Crippen LogP contribution in [0.5, 0.6) is 0 Å². The zero-order valence-electron chi connectivity index (χ0n) is 13.0. The molecule has 0 heterocycles. The first kappa shape index (κ1) is 17.4. The molecule has 3 N–H and O–H groups in total. The maximum absolute atomic E-state index is 11.5. The maximum atomic E-state index is 11.5. The van der Waals surface area contributed by atoms with Crippen LogP contribution < -0.4 is 10.6 Å². The Hall–Kier alpha value is -0.650. The topological polar surface area (TPSA) is 70.6 Å². The summed E-state index contributed by atoms with van der Waals surface area (Å²) in [7, 11) is 0. The first-order valence-corrected chi connectivity index (χ1v) is 7.83. The van der Waals surface area contributed by atoms with Crippen LogP contribution in [-0.4, -0.2) is 49.0 Å². The predicted octanol–water partition coefficient (Wildman–Crippen LogP) is 1.06. The molecule has 0 saturated heterocycles. The number of amides is 1. The van der Waals surface area contributed by atoms with E-state index in [9.17, 15) is 9.90 Å². The summed E-state index contributed by atoms with van der Waals surface area (Å²) in [6, 6.07) is -0.292. The SMILES string of the molecule is CCNC(=O)C(C)NCC(O)COC1CCC(C)CC1. The van der Waals surface area contributed by atoms with E-state index in [-0.39, 0.29) is 11.9 Å². The summed E-state index contributed by atoms with van der Waals surface area (Å²) < 4.78 is 5.74. The van der Waals surface area contributed by atoms with Crippen molar-refractivity contribution in [3.05, 3.63) is 0 Å². The Bertz CT molecular complexity index is 278. The van der Waals surface area contributed by atoms with Gasteiger partial charge in [0.25, 0.3) is 0 Å². The molecule has 2 atom stereocenters. The minimum atomic E-state index is -0.564. The van der Waals surface area contributed by atoms with Gasteiger partial charge in [-0.2, -0.15) is 0 Å². The van der Waals surface area contributed by atoms with Crippen molar-refractivity contribution in [3.8, 4) is 0 Å². The highest BCUT2D eigenvalue weighted by Crippen LogP contribution is 2.25. The van der Waals surface area contributed by atoms with Crippen LogP contribution >= 0.6 is 0 Å². The van der Waals surface area contributed by atoms with Crippen molar-refractivity contribution in [3.63, 3.8) is 0 Å². The van der Waals surface area contributed by atoms with Gasteiger partial charge in [0.2, 0.25) is 5.91 Å². The number of aliphatic hydroxyl groups is 1. The van der Waals surface area contributed by atoms with Gasteiger partial charge < -0.3 is 20.5 Å². The van der Waals surface area contributed by atoms with Crippen molar-refractivity contribution >= 4 is 5.91 Å². The van der Waals surface area contributed by atoms with Crippen LogP contribution in [0.2, 0.25) is 0 Å². The zero-order valence-corrected chi connectivity index (χ0v) is 13.0. The standard InChI is InChI=1S/C15H30N2O3/c1-4-16-15(19)12(3)17-9-13(18)10-20-14-7-5-11(2)6-8-14/h11-14,17-18H,4-10H2,1-3H3,(H,16,19). The number of aliphatic hydroxyl groups excluding tert-OH is 1. The molecule has 5 nitrogen and oxygen atoms in total. The summed E-state index contributed by atoms with van der Waals surface area (Å²) in [5.74, 6) is 0.765. The number of nitrogens with one attached hydrogen (secondary N) is 2. The fraction of sp³-hybridized carbons (Fsp3) is 0.933. The molecule has 1 rings (SSSR count). The third kappa shape index (κ3) is 6.68. The van der Waals surface area contributed by atoms with E-state index in [1.54, 1.807) is 6.92 Å². The van der Waals surface area contributed by atoms with Crippen LogP contribution in [0.3, 0.4) is 0 Å². The summed E-state index contributed by atoms with van der Waals surface area (Å²) in [4.78, 5) is 11.5. The van der Waals surface area contributed by atoms with Gasteiger partial charge in [-0.25, -0.2) is 0 Å². The Labute approximate surface area is 122 Å². The van der Waals surface area contributed by atoms with Crippen LogP contribution in [-0.2, 0) is 9.53 Å². The van der Waals surface area contributed by atoms with Crippen LogP contribution in [0, 0.1) is 5.92 Å². The molecule has 118 valence electrons. The smallest absolute Gasteiger partial charge is 0.236 e. The zero-order chi connectivity index (χ0) is 15.0. The Morgan fingerprint density at radius 1 is 1.35 bits per heavy atom. The van der Waals surface area contributed by atoms with Crippen LogP contribution in [0.1, 0.15) is 46.5 Å². The number of carbonyl (C=O) groups is 1. The first-order chi connectivity index (χ1) is 9.52. The number of carbonyl (C=O) groups excluding carboxylic acids is 1. The van der Waals surface area contributed by atoms with Crippen LogP contribution in [0.4, 0.5) is 0 Å². The Morgan fingerprint density at radius 2 is 2.00 bits per heavy atom. The molecular weight excluding hydrogens is 256 g/mol. The second kappa shape index (κ2) is 9.32. The molecule has 0 aromatic rings. The van der Waals surface area contributed by atoms with Gasteiger partial charge in [0.1, 0.15) is 0 Å². The van der Waals surface area contributed by atoms with Gasteiger partial charge in [-0.05, 0) is 45.4 Å². The largest absolute Gasteiger partial charge is 0.389 e. The lowest BCUT2D eigenvalue weighted by Crippen LogP contribution is -2.45. The highest BCUT2D eigenvalue weighted by molar-refractivity contribution is 5.81. The van der Waals surface area contributed by atoms with Crippen molar-refractivity contribution in [1.82, 2.24) is 10.6 Å². The third-order valence-electron chi connectivity index (χ3n) is 3.89. The summed E-state index contributed by atoms with van der Waals surface area (Å²) in [6.07, 6.45) is 4.35. The van der Waals surface area contributed by atoms with Gasteiger partial charge in [0.05, 0.1) is 24.9 Å².